The highest BCUT2D eigenvalue weighted by atomic mass is 16.2. The Morgan fingerprint density at radius 2 is 2.11 bits per heavy atom. The maximum absolute atomic E-state index is 11.6. The highest BCUT2D eigenvalue weighted by Gasteiger charge is 2.16. The Kier molecular flexibility index (Phi) is 6.72. The van der Waals surface area contributed by atoms with Crippen LogP contribution in [-0.2, 0) is 9.59 Å². The molecule has 0 radical (unpaired) electrons. The quantitative estimate of drug-likeness (QED) is 0.644. The van der Waals surface area contributed by atoms with Crippen LogP contribution in [0.2, 0.25) is 0 Å². The average Bonchev–Trinajstić information content (AvgIpc) is 2.29. The van der Waals surface area contributed by atoms with Crippen molar-refractivity contribution in [1.82, 2.24) is 16.0 Å². The van der Waals surface area contributed by atoms with Crippen LogP contribution < -0.4 is 16.0 Å². The fraction of sp³-hybridized carbons (Fsp3) is 0.846. The van der Waals surface area contributed by atoms with Crippen LogP contribution in [0.5, 0.6) is 0 Å². The Balaban J connectivity index is 2.07. The van der Waals surface area contributed by atoms with Crippen LogP contribution in [-0.4, -0.2) is 37.5 Å². The molecule has 5 heteroatoms. The van der Waals surface area contributed by atoms with Crippen LogP contribution in [0.3, 0.4) is 0 Å². The Labute approximate surface area is 109 Å². The van der Waals surface area contributed by atoms with E-state index in [0.717, 1.165) is 25.9 Å². The molecule has 1 fully saturated rings. The Bertz CT molecular complexity index is 273. The Morgan fingerprint density at radius 1 is 1.33 bits per heavy atom. The predicted octanol–water partition coefficient (Wildman–Crippen LogP) is 0.407. The van der Waals surface area contributed by atoms with Crippen molar-refractivity contribution in [3.8, 4) is 0 Å². The second-order valence-electron chi connectivity index (χ2n) is 5.24. The van der Waals surface area contributed by atoms with E-state index >= 15 is 0 Å². The van der Waals surface area contributed by atoms with E-state index in [4.69, 9.17) is 0 Å². The number of piperidine rings is 1. The van der Waals surface area contributed by atoms with Crippen molar-refractivity contribution in [3.05, 3.63) is 0 Å². The SMILES string of the molecule is CC(C)NC(=O)CCNC(=O)CC1CCCNC1. The lowest BCUT2D eigenvalue weighted by atomic mass is 9.96. The van der Waals surface area contributed by atoms with E-state index in [-0.39, 0.29) is 17.9 Å². The topological polar surface area (TPSA) is 70.2 Å². The summed E-state index contributed by atoms with van der Waals surface area (Å²) in [6.07, 6.45) is 3.19. The fourth-order valence-electron chi connectivity index (χ4n) is 2.14. The molecule has 1 rings (SSSR count). The standard InChI is InChI=1S/C13H25N3O2/c1-10(2)16-12(17)5-7-15-13(18)8-11-4-3-6-14-9-11/h10-11,14H,3-9H2,1-2H3,(H,15,18)(H,16,17). The van der Waals surface area contributed by atoms with Crippen LogP contribution >= 0.6 is 0 Å². The average molecular weight is 255 g/mol. The van der Waals surface area contributed by atoms with Gasteiger partial charge in [-0.15, -0.1) is 0 Å². The minimum Gasteiger partial charge on any atom is -0.356 e. The second-order valence-corrected chi connectivity index (χ2v) is 5.24. The molecule has 0 aliphatic carbocycles. The van der Waals surface area contributed by atoms with Gasteiger partial charge in [0, 0.05) is 25.4 Å². The molecule has 0 aromatic rings. The van der Waals surface area contributed by atoms with E-state index in [9.17, 15) is 9.59 Å². The van der Waals surface area contributed by atoms with E-state index in [1.165, 1.54) is 0 Å². The molecule has 0 aromatic heterocycles. The van der Waals surface area contributed by atoms with Crippen molar-refractivity contribution in [2.75, 3.05) is 19.6 Å². The second kappa shape index (κ2) is 8.08. The number of amides is 2. The van der Waals surface area contributed by atoms with Gasteiger partial charge in [0.1, 0.15) is 0 Å². The van der Waals surface area contributed by atoms with Gasteiger partial charge in [-0.05, 0) is 45.7 Å². The zero-order valence-corrected chi connectivity index (χ0v) is 11.4. The lowest BCUT2D eigenvalue weighted by Gasteiger charge is -2.22. The van der Waals surface area contributed by atoms with Crippen molar-refractivity contribution in [2.45, 2.75) is 45.6 Å². The Morgan fingerprint density at radius 3 is 2.72 bits per heavy atom. The number of hydrogen-bond donors (Lipinski definition) is 3. The molecule has 1 atom stereocenters. The third kappa shape index (κ3) is 6.59. The van der Waals surface area contributed by atoms with E-state index in [1.807, 2.05) is 13.8 Å². The molecule has 104 valence electrons. The lowest BCUT2D eigenvalue weighted by molar-refractivity contribution is -0.123. The summed E-state index contributed by atoms with van der Waals surface area (Å²) in [6.45, 7) is 6.27. The van der Waals surface area contributed by atoms with Crippen molar-refractivity contribution in [2.24, 2.45) is 5.92 Å². The molecule has 1 aliphatic rings. The highest BCUT2D eigenvalue weighted by Crippen LogP contribution is 2.13. The zero-order valence-electron chi connectivity index (χ0n) is 11.4. The van der Waals surface area contributed by atoms with Gasteiger partial charge >= 0.3 is 0 Å². The molecular formula is C13H25N3O2. The minimum absolute atomic E-state index is 0.00960. The van der Waals surface area contributed by atoms with Gasteiger partial charge in [0.2, 0.25) is 11.8 Å². The van der Waals surface area contributed by atoms with E-state index in [0.29, 0.717) is 25.3 Å². The first-order chi connectivity index (χ1) is 8.58. The van der Waals surface area contributed by atoms with E-state index in [2.05, 4.69) is 16.0 Å². The highest BCUT2D eigenvalue weighted by molar-refractivity contribution is 5.79. The summed E-state index contributed by atoms with van der Waals surface area (Å²) in [5.74, 6) is 0.494. The monoisotopic (exact) mass is 255 g/mol. The van der Waals surface area contributed by atoms with Crippen molar-refractivity contribution < 1.29 is 9.59 Å². The van der Waals surface area contributed by atoms with Gasteiger partial charge in [-0.2, -0.15) is 0 Å². The van der Waals surface area contributed by atoms with Crippen LogP contribution in [0.4, 0.5) is 0 Å². The molecule has 0 bridgehead atoms. The van der Waals surface area contributed by atoms with Crippen LogP contribution in [0.1, 0.15) is 39.5 Å². The van der Waals surface area contributed by atoms with Gasteiger partial charge < -0.3 is 16.0 Å². The molecular weight excluding hydrogens is 230 g/mol. The number of hydrogen-bond acceptors (Lipinski definition) is 3. The summed E-state index contributed by atoms with van der Waals surface area (Å²) in [5.41, 5.74) is 0. The normalized spacial score (nSPS) is 19.6. The van der Waals surface area contributed by atoms with Crippen molar-refractivity contribution in [3.63, 3.8) is 0 Å². The maximum atomic E-state index is 11.6. The third-order valence-electron chi connectivity index (χ3n) is 3.00. The maximum Gasteiger partial charge on any atom is 0.221 e. The summed E-state index contributed by atoms with van der Waals surface area (Å²) >= 11 is 0. The first-order valence-electron chi connectivity index (χ1n) is 6.84. The molecule has 5 nitrogen and oxygen atoms in total. The summed E-state index contributed by atoms with van der Waals surface area (Å²) in [6, 6.07) is 0.154. The number of carbonyl (C=O) groups excluding carboxylic acids is 2. The molecule has 18 heavy (non-hydrogen) atoms. The van der Waals surface area contributed by atoms with Gasteiger partial charge in [0.25, 0.3) is 0 Å². The number of carbonyl (C=O) groups is 2. The summed E-state index contributed by atoms with van der Waals surface area (Å²) < 4.78 is 0. The van der Waals surface area contributed by atoms with Gasteiger partial charge in [0.05, 0.1) is 0 Å². The van der Waals surface area contributed by atoms with Crippen molar-refractivity contribution in [1.29, 1.82) is 0 Å². The molecule has 1 unspecified atom stereocenters. The van der Waals surface area contributed by atoms with Crippen LogP contribution in [0, 0.1) is 5.92 Å². The van der Waals surface area contributed by atoms with Crippen LogP contribution in [0.25, 0.3) is 0 Å². The first kappa shape index (κ1) is 15.0. The first-order valence-corrected chi connectivity index (χ1v) is 6.84. The largest absolute Gasteiger partial charge is 0.356 e. The Hall–Kier alpha value is -1.10. The van der Waals surface area contributed by atoms with Gasteiger partial charge in [-0.1, -0.05) is 0 Å². The van der Waals surface area contributed by atoms with E-state index in [1.54, 1.807) is 0 Å². The molecule has 0 saturated carbocycles. The van der Waals surface area contributed by atoms with E-state index < -0.39 is 0 Å². The molecule has 1 heterocycles. The predicted molar refractivity (Wildman–Crippen MR) is 71.1 cm³/mol. The fourth-order valence-corrected chi connectivity index (χ4v) is 2.14. The third-order valence-corrected chi connectivity index (χ3v) is 3.00. The molecule has 3 N–H and O–H groups in total. The molecule has 0 spiro atoms. The summed E-state index contributed by atoms with van der Waals surface area (Å²) in [4.78, 5) is 23.0. The molecule has 0 aromatic carbocycles. The van der Waals surface area contributed by atoms with Crippen molar-refractivity contribution >= 4 is 11.8 Å². The van der Waals surface area contributed by atoms with Crippen LogP contribution in [0.15, 0.2) is 0 Å². The smallest absolute Gasteiger partial charge is 0.221 e. The van der Waals surface area contributed by atoms with Gasteiger partial charge in [-0.3, -0.25) is 9.59 Å². The molecule has 2 amide bonds. The number of rotatable bonds is 6. The molecule has 1 aliphatic heterocycles. The lowest BCUT2D eigenvalue weighted by Crippen LogP contribution is -2.36. The zero-order chi connectivity index (χ0) is 13.4. The molecule has 1 saturated heterocycles. The summed E-state index contributed by atoms with van der Waals surface area (Å²) in [5, 5.41) is 8.90. The summed E-state index contributed by atoms with van der Waals surface area (Å²) in [7, 11) is 0. The number of nitrogens with one attached hydrogen (secondary N) is 3. The minimum atomic E-state index is -0.00960. The van der Waals surface area contributed by atoms with Gasteiger partial charge in [0.15, 0.2) is 0 Å². The van der Waals surface area contributed by atoms with Gasteiger partial charge in [-0.25, -0.2) is 0 Å².